The van der Waals surface area contributed by atoms with Crippen LogP contribution in [0.15, 0.2) is 54.0 Å². The van der Waals surface area contributed by atoms with Crippen LogP contribution in [0.2, 0.25) is 0 Å². The lowest BCUT2D eigenvalue weighted by atomic mass is 10.2. The van der Waals surface area contributed by atoms with E-state index in [2.05, 4.69) is 44.7 Å². The van der Waals surface area contributed by atoms with Crippen molar-refractivity contribution in [2.24, 2.45) is 0 Å². The summed E-state index contributed by atoms with van der Waals surface area (Å²) in [5.74, 6) is 0.887. The van der Waals surface area contributed by atoms with Crippen molar-refractivity contribution in [1.82, 2.24) is 19.7 Å². The molecular weight excluding hydrogens is 268 g/mol. The van der Waals surface area contributed by atoms with E-state index in [0.717, 1.165) is 29.1 Å². The first-order chi connectivity index (χ1) is 9.90. The first kappa shape index (κ1) is 11.4. The number of imidazole rings is 1. The Hall–Kier alpha value is -2.40. The average Bonchev–Trinajstić information content (AvgIpc) is 3.19. The highest BCUT2D eigenvalue weighted by Crippen LogP contribution is 2.21. The van der Waals surface area contributed by atoms with Gasteiger partial charge in [0.15, 0.2) is 5.65 Å². The molecule has 0 fully saturated rings. The van der Waals surface area contributed by atoms with E-state index < -0.39 is 0 Å². The number of fused-ring (bicyclic) bond motifs is 1. The molecule has 20 heavy (non-hydrogen) atoms. The second kappa shape index (κ2) is 4.61. The molecule has 0 saturated carbocycles. The number of hydrogen-bond acceptors (Lipinski definition) is 3. The van der Waals surface area contributed by atoms with E-state index in [1.54, 1.807) is 11.3 Å². The fourth-order valence-electron chi connectivity index (χ4n) is 2.25. The van der Waals surface area contributed by atoms with Crippen LogP contribution in [0.4, 0.5) is 0 Å². The van der Waals surface area contributed by atoms with Crippen molar-refractivity contribution in [3.63, 3.8) is 0 Å². The molecule has 5 heteroatoms. The van der Waals surface area contributed by atoms with Crippen LogP contribution in [0.1, 0.15) is 4.88 Å². The third-order valence-corrected chi connectivity index (χ3v) is 4.08. The van der Waals surface area contributed by atoms with Gasteiger partial charge in [-0.3, -0.25) is 0 Å². The molecule has 4 aromatic rings. The number of aromatic amines is 1. The Kier molecular flexibility index (Phi) is 2.63. The van der Waals surface area contributed by atoms with Crippen LogP contribution in [0, 0.1) is 0 Å². The van der Waals surface area contributed by atoms with E-state index in [9.17, 15) is 0 Å². The Morgan fingerprint density at radius 1 is 1.10 bits per heavy atom. The van der Waals surface area contributed by atoms with Gasteiger partial charge in [-0.25, -0.2) is 9.67 Å². The minimum absolute atomic E-state index is 0.764. The first-order valence-corrected chi connectivity index (χ1v) is 7.27. The van der Waals surface area contributed by atoms with E-state index in [-0.39, 0.29) is 0 Å². The van der Waals surface area contributed by atoms with E-state index >= 15 is 0 Å². The van der Waals surface area contributed by atoms with Gasteiger partial charge >= 0.3 is 0 Å². The highest BCUT2D eigenvalue weighted by molar-refractivity contribution is 7.09. The molecule has 0 unspecified atom stereocenters. The monoisotopic (exact) mass is 280 g/mol. The van der Waals surface area contributed by atoms with Gasteiger partial charge in [0.2, 0.25) is 0 Å². The van der Waals surface area contributed by atoms with Crippen LogP contribution in [0.3, 0.4) is 0 Å². The van der Waals surface area contributed by atoms with Crippen molar-refractivity contribution < 1.29 is 0 Å². The van der Waals surface area contributed by atoms with Crippen LogP contribution >= 0.6 is 11.3 Å². The topological polar surface area (TPSA) is 46.5 Å². The highest BCUT2D eigenvalue weighted by atomic mass is 32.1. The van der Waals surface area contributed by atoms with Gasteiger partial charge in [0.1, 0.15) is 11.3 Å². The SMILES string of the molecule is c1ccc(-c2nc3c(cnn3Cc3cccs3)[nH]2)cc1. The van der Waals surface area contributed by atoms with Crippen molar-refractivity contribution in [2.45, 2.75) is 6.54 Å². The lowest BCUT2D eigenvalue weighted by Gasteiger charge is -1.98. The molecule has 98 valence electrons. The van der Waals surface area contributed by atoms with Gasteiger partial charge in [-0.05, 0) is 11.4 Å². The molecule has 1 N–H and O–H groups in total. The molecule has 4 rings (SSSR count). The zero-order valence-electron chi connectivity index (χ0n) is 10.7. The fourth-order valence-corrected chi connectivity index (χ4v) is 2.93. The van der Waals surface area contributed by atoms with Gasteiger partial charge in [-0.2, -0.15) is 5.10 Å². The van der Waals surface area contributed by atoms with Gasteiger partial charge in [0.25, 0.3) is 0 Å². The van der Waals surface area contributed by atoms with Crippen molar-refractivity contribution >= 4 is 22.5 Å². The second-order valence-corrected chi connectivity index (χ2v) is 5.60. The number of benzene rings is 1. The van der Waals surface area contributed by atoms with Crippen molar-refractivity contribution in [3.8, 4) is 11.4 Å². The summed E-state index contributed by atoms with van der Waals surface area (Å²) in [4.78, 5) is 9.27. The van der Waals surface area contributed by atoms with E-state index in [4.69, 9.17) is 0 Å². The van der Waals surface area contributed by atoms with Crippen molar-refractivity contribution in [1.29, 1.82) is 0 Å². The summed E-state index contributed by atoms with van der Waals surface area (Å²) in [6.45, 7) is 0.764. The number of hydrogen-bond donors (Lipinski definition) is 1. The van der Waals surface area contributed by atoms with E-state index in [0.29, 0.717) is 0 Å². The molecule has 0 spiro atoms. The molecule has 1 aromatic carbocycles. The number of H-pyrrole nitrogens is 1. The van der Waals surface area contributed by atoms with Gasteiger partial charge < -0.3 is 4.98 Å². The Labute approximate surface area is 119 Å². The average molecular weight is 280 g/mol. The number of nitrogens with zero attached hydrogens (tertiary/aromatic N) is 3. The number of rotatable bonds is 3. The predicted octanol–water partition coefficient (Wildman–Crippen LogP) is 3.54. The molecule has 3 aromatic heterocycles. The molecular formula is C15H12N4S. The van der Waals surface area contributed by atoms with Gasteiger partial charge in [-0.1, -0.05) is 36.4 Å². The largest absolute Gasteiger partial charge is 0.335 e. The maximum atomic E-state index is 4.67. The number of nitrogens with one attached hydrogen (secondary N) is 1. The summed E-state index contributed by atoms with van der Waals surface area (Å²) < 4.78 is 1.93. The lowest BCUT2D eigenvalue weighted by molar-refractivity contribution is 0.713. The van der Waals surface area contributed by atoms with Crippen LogP contribution in [0.5, 0.6) is 0 Å². The maximum absolute atomic E-state index is 4.67. The molecule has 0 radical (unpaired) electrons. The van der Waals surface area contributed by atoms with Gasteiger partial charge in [0.05, 0.1) is 12.7 Å². The van der Waals surface area contributed by atoms with Gasteiger partial charge in [0, 0.05) is 10.4 Å². The van der Waals surface area contributed by atoms with Crippen LogP contribution < -0.4 is 0 Å². The Morgan fingerprint density at radius 2 is 2.00 bits per heavy atom. The molecule has 0 aliphatic heterocycles. The second-order valence-electron chi connectivity index (χ2n) is 4.57. The summed E-state index contributed by atoms with van der Waals surface area (Å²) in [7, 11) is 0. The summed E-state index contributed by atoms with van der Waals surface area (Å²) in [6.07, 6.45) is 1.84. The fraction of sp³-hybridized carbons (Fsp3) is 0.0667. The van der Waals surface area contributed by atoms with Crippen LogP contribution in [-0.4, -0.2) is 19.7 Å². The molecule has 0 atom stereocenters. The summed E-state index contributed by atoms with van der Waals surface area (Å²) in [6, 6.07) is 14.3. The van der Waals surface area contributed by atoms with Crippen molar-refractivity contribution in [3.05, 3.63) is 58.9 Å². The predicted molar refractivity (Wildman–Crippen MR) is 80.7 cm³/mol. The standard InChI is InChI=1S/C15H12N4S/c1-2-5-11(6-3-1)14-17-13-9-16-19(15(13)18-14)10-12-7-4-8-20-12/h1-9H,10H2,(H,17,18). The third-order valence-electron chi connectivity index (χ3n) is 3.22. The number of aromatic nitrogens is 4. The maximum Gasteiger partial charge on any atom is 0.177 e. The highest BCUT2D eigenvalue weighted by Gasteiger charge is 2.10. The van der Waals surface area contributed by atoms with E-state index in [1.807, 2.05) is 29.1 Å². The van der Waals surface area contributed by atoms with E-state index in [1.165, 1.54) is 4.88 Å². The molecule has 3 heterocycles. The molecule has 0 amide bonds. The molecule has 4 nitrogen and oxygen atoms in total. The first-order valence-electron chi connectivity index (χ1n) is 6.39. The molecule has 0 aliphatic rings. The normalized spacial score (nSPS) is 11.2. The Morgan fingerprint density at radius 3 is 2.80 bits per heavy atom. The zero-order chi connectivity index (χ0) is 13.4. The minimum atomic E-state index is 0.764. The number of thiophene rings is 1. The quantitative estimate of drug-likeness (QED) is 0.624. The smallest absolute Gasteiger partial charge is 0.177 e. The third kappa shape index (κ3) is 1.92. The Balaban J connectivity index is 1.75. The van der Waals surface area contributed by atoms with Crippen LogP contribution in [-0.2, 0) is 6.54 Å². The zero-order valence-corrected chi connectivity index (χ0v) is 11.5. The lowest BCUT2D eigenvalue weighted by Crippen LogP contribution is -2.00. The van der Waals surface area contributed by atoms with Gasteiger partial charge in [-0.15, -0.1) is 11.3 Å². The van der Waals surface area contributed by atoms with Crippen molar-refractivity contribution in [2.75, 3.05) is 0 Å². The Bertz CT molecular complexity index is 827. The summed E-state index contributed by atoms with van der Waals surface area (Å²) in [5.41, 5.74) is 2.96. The summed E-state index contributed by atoms with van der Waals surface area (Å²) in [5, 5.41) is 6.47. The molecule has 0 saturated heterocycles. The molecule has 0 aliphatic carbocycles. The molecule has 0 bridgehead atoms. The van der Waals surface area contributed by atoms with Crippen LogP contribution in [0.25, 0.3) is 22.6 Å². The minimum Gasteiger partial charge on any atom is -0.335 e. The summed E-state index contributed by atoms with van der Waals surface area (Å²) >= 11 is 1.73.